The fraction of sp³-hybridized carbons (Fsp3) is 0.350. The molecule has 5 nitrogen and oxygen atoms in total. The molecule has 2 aromatic carbocycles. The molecule has 0 saturated carbocycles. The number of rotatable bonds is 9. The number of benzene rings is 2. The summed E-state index contributed by atoms with van der Waals surface area (Å²) in [6.07, 6.45) is 0. The van der Waals surface area contributed by atoms with Gasteiger partial charge in [0.25, 0.3) is 0 Å². The lowest BCUT2D eigenvalue weighted by Gasteiger charge is -2.15. The van der Waals surface area contributed by atoms with Crippen LogP contribution in [0.4, 0.5) is 0 Å². The first-order valence-electron chi connectivity index (χ1n) is 8.52. The minimum Gasteiger partial charge on any atom is -0.496 e. The zero-order chi connectivity index (χ0) is 18.9. The van der Waals surface area contributed by atoms with Crippen LogP contribution in [0, 0.1) is 6.92 Å². The molecule has 2 N–H and O–H groups in total. The van der Waals surface area contributed by atoms with Gasteiger partial charge in [0, 0.05) is 6.04 Å². The van der Waals surface area contributed by atoms with Gasteiger partial charge in [-0.3, -0.25) is 4.79 Å². The highest BCUT2D eigenvalue weighted by Crippen LogP contribution is 2.27. The average Bonchev–Trinajstić information content (AvgIpc) is 2.63. The van der Waals surface area contributed by atoms with Crippen LogP contribution in [0.1, 0.15) is 24.1 Å². The van der Waals surface area contributed by atoms with Crippen LogP contribution >= 0.6 is 15.9 Å². The van der Waals surface area contributed by atoms with Crippen molar-refractivity contribution in [1.82, 2.24) is 10.6 Å². The van der Waals surface area contributed by atoms with E-state index in [0.717, 1.165) is 27.1 Å². The van der Waals surface area contributed by atoms with Crippen molar-refractivity contribution in [3.05, 3.63) is 58.1 Å². The molecule has 0 heterocycles. The van der Waals surface area contributed by atoms with E-state index in [1.165, 1.54) is 0 Å². The number of ether oxygens (including phenoxy) is 2. The van der Waals surface area contributed by atoms with E-state index in [2.05, 4.69) is 26.6 Å². The molecule has 0 fully saturated rings. The highest BCUT2D eigenvalue weighted by atomic mass is 79.9. The molecular weight excluding hydrogens is 396 g/mol. The molecule has 1 unspecified atom stereocenters. The van der Waals surface area contributed by atoms with Crippen LogP contribution < -0.4 is 20.1 Å². The number of amides is 1. The quantitative estimate of drug-likeness (QED) is 0.608. The highest BCUT2D eigenvalue weighted by molar-refractivity contribution is 9.10. The molecular formula is C20H25BrN2O3. The van der Waals surface area contributed by atoms with Crippen LogP contribution in [-0.4, -0.2) is 32.7 Å². The summed E-state index contributed by atoms with van der Waals surface area (Å²) in [6, 6.07) is 13.8. The number of carbonyl (C=O) groups is 1. The minimum absolute atomic E-state index is 0.0477. The molecule has 0 aliphatic rings. The second-order valence-corrected chi connectivity index (χ2v) is 6.87. The van der Waals surface area contributed by atoms with Gasteiger partial charge in [0.05, 0.1) is 24.7 Å². The molecule has 1 amide bonds. The van der Waals surface area contributed by atoms with Crippen molar-refractivity contribution in [2.75, 3.05) is 26.8 Å². The van der Waals surface area contributed by atoms with Crippen LogP contribution in [0.25, 0.3) is 0 Å². The van der Waals surface area contributed by atoms with Gasteiger partial charge in [0.2, 0.25) is 5.91 Å². The zero-order valence-corrected chi connectivity index (χ0v) is 16.9. The maximum Gasteiger partial charge on any atom is 0.234 e. The fourth-order valence-corrected chi connectivity index (χ4v) is 3.00. The summed E-state index contributed by atoms with van der Waals surface area (Å²) in [7, 11) is 1.63. The maximum atomic E-state index is 12.0. The molecule has 2 rings (SSSR count). The molecule has 0 aliphatic heterocycles. The molecule has 1 atom stereocenters. The summed E-state index contributed by atoms with van der Waals surface area (Å²) < 4.78 is 11.7. The molecule has 0 saturated heterocycles. The minimum atomic E-state index is -0.0581. The fourth-order valence-electron chi connectivity index (χ4n) is 2.44. The molecule has 26 heavy (non-hydrogen) atoms. The zero-order valence-electron chi connectivity index (χ0n) is 15.3. The molecule has 0 spiro atoms. The summed E-state index contributed by atoms with van der Waals surface area (Å²) in [6.45, 7) is 5.19. The molecule has 0 aromatic heterocycles. The maximum absolute atomic E-state index is 12.0. The Balaban J connectivity index is 1.68. The number of aryl methyl sites for hydroxylation is 1. The topological polar surface area (TPSA) is 59.6 Å². The van der Waals surface area contributed by atoms with E-state index in [0.29, 0.717) is 13.2 Å². The first-order valence-corrected chi connectivity index (χ1v) is 9.32. The van der Waals surface area contributed by atoms with E-state index in [4.69, 9.17) is 9.47 Å². The predicted octanol–water partition coefficient (Wildman–Crippen LogP) is 3.61. The first-order chi connectivity index (χ1) is 12.5. The third-order valence-corrected chi connectivity index (χ3v) is 4.55. The molecule has 0 bridgehead atoms. The number of nitrogens with one attached hydrogen (secondary N) is 2. The van der Waals surface area contributed by atoms with Crippen LogP contribution in [0.3, 0.4) is 0 Å². The second-order valence-electron chi connectivity index (χ2n) is 6.01. The van der Waals surface area contributed by atoms with Crippen molar-refractivity contribution in [1.29, 1.82) is 0 Å². The Hall–Kier alpha value is -2.05. The third-order valence-electron chi connectivity index (χ3n) is 3.93. The van der Waals surface area contributed by atoms with E-state index >= 15 is 0 Å². The number of hydrogen-bond donors (Lipinski definition) is 2. The van der Waals surface area contributed by atoms with Crippen molar-refractivity contribution < 1.29 is 14.3 Å². The number of carbonyl (C=O) groups excluding carboxylic acids is 1. The summed E-state index contributed by atoms with van der Waals surface area (Å²) in [5.41, 5.74) is 2.23. The molecule has 0 radical (unpaired) electrons. The summed E-state index contributed by atoms with van der Waals surface area (Å²) in [4.78, 5) is 12.0. The largest absolute Gasteiger partial charge is 0.496 e. The van der Waals surface area contributed by atoms with E-state index < -0.39 is 0 Å². The molecule has 0 aliphatic carbocycles. The number of halogens is 1. The second kappa shape index (κ2) is 10.2. The Kier molecular flexibility index (Phi) is 7.94. The summed E-state index contributed by atoms with van der Waals surface area (Å²) in [5, 5.41) is 6.06. The van der Waals surface area contributed by atoms with E-state index in [9.17, 15) is 4.79 Å². The normalized spacial score (nSPS) is 11.7. The Bertz CT molecular complexity index is 737. The Morgan fingerprint density at radius 3 is 2.73 bits per heavy atom. The van der Waals surface area contributed by atoms with E-state index in [1.54, 1.807) is 7.11 Å². The standard InChI is InChI=1S/C20H25BrN2O3/c1-14-5-4-6-17(11-14)26-10-9-22-20(24)13-23-15(2)16-7-8-19(25-3)18(21)12-16/h4-8,11-12,15,23H,9-10,13H2,1-3H3,(H,22,24). The van der Waals surface area contributed by atoms with Gasteiger partial charge >= 0.3 is 0 Å². The van der Waals surface area contributed by atoms with Crippen molar-refractivity contribution in [3.63, 3.8) is 0 Å². The van der Waals surface area contributed by atoms with Crippen molar-refractivity contribution >= 4 is 21.8 Å². The van der Waals surface area contributed by atoms with Crippen LogP contribution in [0.5, 0.6) is 11.5 Å². The molecule has 2 aromatic rings. The van der Waals surface area contributed by atoms with Gasteiger partial charge in [-0.25, -0.2) is 0 Å². The monoisotopic (exact) mass is 420 g/mol. The lowest BCUT2D eigenvalue weighted by Crippen LogP contribution is -2.37. The van der Waals surface area contributed by atoms with Crippen molar-refractivity contribution in [2.45, 2.75) is 19.9 Å². The van der Waals surface area contributed by atoms with Gasteiger partial charge in [-0.2, -0.15) is 0 Å². The van der Waals surface area contributed by atoms with Crippen molar-refractivity contribution in [3.8, 4) is 11.5 Å². The highest BCUT2D eigenvalue weighted by Gasteiger charge is 2.10. The third kappa shape index (κ3) is 6.35. The molecule has 6 heteroatoms. The lowest BCUT2D eigenvalue weighted by molar-refractivity contribution is -0.120. The summed E-state index contributed by atoms with van der Waals surface area (Å²) >= 11 is 3.48. The Morgan fingerprint density at radius 2 is 2.04 bits per heavy atom. The first kappa shape index (κ1) is 20.3. The van der Waals surface area contributed by atoms with Gasteiger partial charge in [-0.1, -0.05) is 18.2 Å². The SMILES string of the molecule is COc1ccc(C(C)NCC(=O)NCCOc2cccc(C)c2)cc1Br. The van der Waals surface area contributed by atoms with Gasteiger partial charge in [0.1, 0.15) is 18.1 Å². The predicted molar refractivity (Wildman–Crippen MR) is 107 cm³/mol. The van der Waals surface area contributed by atoms with Crippen LogP contribution in [0.2, 0.25) is 0 Å². The Morgan fingerprint density at radius 1 is 1.23 bits per heavy atom. The average molecular weight is 421 g/mol. The van der Waals surface area contributed by atoms with Gasteiger partial charge in [0.15, 0.2) is 0 Å². The Labute approximate surface area is 163 Å². The van der Waals surface area contributed by atoms with Crippen LogP contribution in [-0.2, 0) is 4.79 Å². The van der Waals surface area contributed by atoms with Crippen LogP contribution in [0.15, 0.2) is 46.9 Å². The van der Waals surface area contributed by atoms with Crippen molar-refractivity contribution in [2.24, 2.45) is 0 Å². The van der Waals surface area contributed by atoms with E-state index in [1.807, 2.05) is 56.3 Å². The number of methoxy groups -OCH3 is 1. The molecule has 140 valence electrons. The smallest absolute Gasteiger partial charge is 0.234 e. The van der Waals surface area contributed by atoms with Gasteiger partial charge in [-0.05, 0) is 65.2 Å². The van der Waals surface area contributed by atoms with E-state index in [-0.39, 0.29) is 18.5 Å². The van der Waals surface area contributed by atoms with Gasteiger partial charge in [-0.15, -0.1) is 0 Å². The summed E-state index contributed by atoms with van der Waals surface area (Å²) in [5.74, 6) is 1.54. The van der Waals surface area contributed by atoms with Gasteiger partial charge < -0.3 is 20.1 Å². The number of hydrogen-bond acceptors (Lipinski definition) is 4. The lowest BCUT2D eigenvalue weighted by atomic mass is 10.1.